The third-order valence-corrected chi connectivity index (χ3v) is 11.9. The van der Waals surface area contributed by atoms with Gasteiger partial charge in [-0.1, -0.05) is 235 Å². The van der Waals surface area contributed by atoms with E-state index in [4.69, 9.17) is 14.2 Å². The molecular formula is C71H108O6. The predicted molar refractivity (Wildman–Crippen MR) is 334 cm³/mol. The zero-order valence-corrected chi connectivity index (χ0v) is 48.9. The third kappa shape index (κ3) is 61.2. The van der Waals surface area contributed by atoms with Crippen molar-refractivity contribution in [1.29, 1.82) is 0 Å². The van der Waals surface area contributed by atoms with Gasteiger partial charge in [-0.25, -0.2) is 0 Å². The van der Waals surface area contributed by atoms with Crippen molar-refractivity contribution in [3.63, 3.8) is 0 Å². The number of carbonyl (C=O) groups excluding carboxylic acids is 3. The summed E-state index contributed by atoms with van der Waals surface area (Å²) in [6.45, 7) is 6.20. The first kappa shape index (κ1) is 71.5. The molecule has 0 bridgehead atoms. The van der Waals surface area contributed by atoms with Gasteiger partial charge < -0.3 is 14.2 Å². The zero-order chi connectivity index (χ0) is 55.7. The Bertz CT molecular complexity index is 1840. The molecule has 0 aliphatic rings. The highest BCUT2D eigenvalue weighted by molar-refractivity contribution is 5.71. The molecule has 0 saturated heterocycles. The predicted octanol–water partition coefficient (Wildman–Crippen LogP) is 20.9. The molecule has 6 nitrogen and oxygen atoms in total. The molecule has 428 valence electrons. The fraction of sp³-hybridized carbons (Fsp3) is 0.535. The van der Waals surface area contributed by atoms with Crippen LogP contribution in [0.25, 0.3) is 0 Å². The Morgan fingerprint density at radius 2 is 0.468 bits per heavy atom. The summed E-state index contributed by atoms with van der Waals surface area (Å²) < 4.78 is 16.8. The maximum atomic E-state index is 12.9. The number of carbonyl (C=O) groups is 3. The van der Waals surface area contributed by atoms with E-state index in [2.05, 4.69) is 203 Å². The molecule has 0 saturated carbocycles. The minimum absolute atomic E-state index is 0.123. The molecule has 0 amide bonds. The van der Waals surface area contributed by atoms with Crippen LogP contribution in [0.15, 0.2) is 182 Å². The molecule has 0 heterocycles. The van der Waals surface area contributed by atoms with Crippen LogP contribution in [-0.4, -0.2) is 37.2 Å². The Labute approximate surface area is 472 Å². The molecule has 0 spiro atoms. The van der Waals surface area contributed by atoms with Gasteiger partial charge in [0.05, 0.1) is 0 Å². The van der Waals surface area contributed by atoms with Crippen molar-refractivity contribution in [3.05, 3.63) is 182 Å². The van der Waals surface area contributed by atoms with Gasteiger partial charge >= 0.3 is 17.9 Å². The van der Waals surface area contributed by atoms with Gasteiger partial charge in [0.15, 0.2) is 6.10 Å². The van der Waals surface area contributed by atoms with Crippen molar-refractivity contribution >= 4 is 17.9 Å². The lowest BCUT2D eigenvalue weighted by atomic mass is 10.1. The Kier molecular flexibility index (Phi) is 58.6. The smallest absolute Gasteiger partial charge is 0.306 e. The quantitative estimate of drug-likeness (QED) is 0.0261. The summed E-state index contributed by atoms with van der Waals surface area (Å²) in [7, 11) is 0. The van der Waals surface area contributed by atoms with Crippen LogP contribution in [0.3, 0.4) is 0 Å². The van der Waals surface area contributed by atoms with E-state index in [1.165, 1.54) is 12.8 Å². The van der Waals surface area contributed by atoms with Crippen LogP contribution in [0.5, 0.6) is 0 Å². The summed E-state index contributed by atoms with van der Waals surface area (Å²) in [5, 5.41) is 0. The van der Waals surface area contributed by atoms with E-state index >= 15 is 0 Å². The summed E-state index contributed by atoms with van der Waals surface area (Å²) >= 11 is 0. The normalized spacial score (nSPS) is 13.4. The largest absolute Gasteiger partial charge is 0.462 e. The van der Waals surface area contributed by atoms with Gasteiger partial charge in [0.2, 0.25) is 0 Å². The molecule has 0 aromatic carbocycles. The van der Waals surface area contributed by atoms with Crippen LogP contribution in [0.2, 0.25) is 0 Å². The van der Waals surface area contributed by atoms with E-state index in [9.17, 15) is 14.4 Å². The first-order valence-electron chi connectivity index (χ1n) is 30.3. The van der Waals surface area contributed by atoms with Crippen molar-refractivity contribution in [3.8, 4) is 0 Å². The molecule has 0 radical (unpaired) electrons. The lowest BCUT2D eigenvalue weighted by Crippen LogP contribution is -2.30. The minimum Gasteiger partial charge on any atom is -0.462 e. The second kappa shape index (κ2) is 63.0. The fourth-order valence-electron chi connectivity index (χ4n) is 7.46. The van der Waals surface area contributed by atoms with Gasteiger partial charge in [-0.3, -0.25) is 14.4 Å². The first-order chi connectivity index (χ1) is 38.0. The van der Waals surface area contributed by atoms with E-state index in [0.717, 1.165) is 167 Å². The van der Waals surface area contributed by atoms with Gasteiger partial charge in [-0.05, 0) is 154 Å². The SMILES string of the molecule is CC/C=C\C/C=C\C/C=C\C/C=C\C/C=C\C/C=C\C/C=C\C/C=C\CCCCC(=O)OCC(COC(=O)CCCCC/C=C\C/C=C\C/C=C\CC)OC(=O)CCCCCCCC/C=C\C/C=C\C/C=C\C/C=C\CC. The van der Waals surface area contributed by atoms with Crippen molar-refractivity contribution in [2.24, 2.45) is 0 Å². The van der Waals surface area contributed by atoms with Crippen LogP contribution in [0.1, 0.15) is 226 Å². The van der Waals surface area contributed by atoms with Gasteiger partial charge in [0.25, 0.3) is 0 Å². The average molecular weight is 1060 g/mol. The molecule has 0 N–H and O–H groups in total. The molecular weight excluding hydrogens is 949 g/mol. The van der Waals surface area contributed by atoms with E-state index < -0.39 is 6.10 Å². The molecule has 0 aliphatic heterocycles. The Morgan fingerprint density at radius 3 is 0.766 bits per heavy atom. The molecule has 1 unspecified atom stereocenters. The van der Waals surface area contributed by atoms with Crippen molar-refractivity contribution < 1.29 is 28.6 Å². The number of unbranched alkanes of at least 4 members (excludes halogenated alkanes) is 11. The van der Waals surface area contributed by atoms with E-state index in [1.807, 2.05) is 0 Å². The number of allylic oxidation sites excluding steroid dienone is 30. The highest BCUT2D eigenvalue weighted by Crippen LogP contribution is 2.13. The summed E-state index contributed by atoms with van der Waals surface area (Å²) in [5.41, 5.74) is 0. The molecule has 6 heteroatoms. The average Bonchev–Trinajstić information content (AvgIpc) is 3.43. The topological polar surface area (TPSA) is 78.9 Å². The summed E-state index contributed by atoms with van der Waals surface area (Å²) in [6, 6.07) is 0. The Balaban J connectivity index is 4.52. The van der Waals surface area contributed by atoms with E-state index in [1.54, 1.807) is 0 Å². The van der Waals surface area contributed by atoms with Crippen LogP contribution in [0.4, 0.5) is 0 Å². The second-order valence-corrected chi connectivity index (χ2v) is 19.1. The molecule has 0 rings (SSSR count). The maximum Gasteiger partial charge on any atom is 0.306 e. The monoisotopic (exact) mass is 1060 g/mol. The maximum absolute atomic E-state index is 12.9. The number of ether oxygens (including phenoxy) is 3. The highest BCUT2D eigenvalue weighted by atomic mass is 16.6. The van der Waals surface area contributed by atoms with E-state index in [0.29, 0.717) is 12.8 Å². The number of hydrogen-bond donors (Lipinski definition) is 0. The summed E-state index contributed by atoms with van der Waals surface area (Å²) in [4.78, 5) is 38.2. The molecule has 0 aromatic heterocycles. The molecule has 0 fully saturated rings. The molecule has 0 aromatic rings. The van der Waals surface area contributed by atoms with Crippen LogP contribution >= 0.6 is 0 Å². The summed E-state index contributed by atoms with van der Waals surface area (Å²) in [6.07, 6.45) is 94.6. The third-order valence-electron chi connectivity index (χ3n) is 11.9. The number of esters is 3. The standard InChI is InChI=1S/C71H108O6/c1-4-7-10-13-16-19-22-25-27-29-31-32-33-34-35-36-37-38-40-41-43-46-49-52-55-58-61-64-70(73)76-67-68(66-75-69(72)63-60-57-54-51-48-45-24-21-18-15-12-9-6-3)77-71(74)65-62-59-56-53-50-47-44-42-39-30-28-26-23-20-17-14-11-8-5-2/h7-12,16-21,25-28,31-32,34-35,37-39,41-43,45,48-49,52,68H,4-6,13-15,22-24,29-30,33,36,40,44,46-47,50-51,53-67H2,1-3H3/b10-7-,11-8-,12-9-,19-16-,20-17-,21-18-,27-25-,28-26-,32-31-,35-34-,38-37-,42-39-,43-41-,48-45-,52-49-. The van der Waals surface area contributed by atoms with Crippen LogP contribution < -0.4 is 0 Å². The van der Waals surface area contributed by atoms with Gasteiger partial charge in [0, 0.05) is 19.3 Å². The minimum atomic E-state index is -0.828. The Hall–Kier alpha value is -5.49. The van der Waals surface area contributed by atoms with Crippen LogP contribution in [0, 0.1) is 0 Å². The van der Waals surface area contributed by atoms with Gasteiger partial charge in [-0.2, -0.15) is 0 Å². The second-order valence-electron chi connectivity index (χ2n) is 19.1. The van der Waals surface area contributed by atoms with Crippen molar-refractivity contribution in [1.82, 2.24) is 0 Å². The van der Waals surface area contributed by atoms with Crippen molar-refractivity contribution in [2.75, 3.05) is 13.2 Å². The molecule has 77 heavy (non-hydrogen) atoms. The van der Waals surface area contributed by atoms with Crippen LogP contribution in [-0.2, 0) is 28.6 Å². The highest BCUT2D eigenvalue weighted by Gasteiger charge is 2.19. The fourth-order valence-corrected chi connectivity index (χ4v) is 7.46. The van der Waals surface area contributed by atoms with E-state index in [-0.39, 0.29) is 44.0 Å². The Morgan fingerprint density at radius 1 is 0.260 bits per heavy atom. The number of rotatable bonds is 52. The number of hydrogen-bond acceptors (Lipinski definition) is 6. The molecule has 1 atom stereocenters. The lowest BCUT2D eigenvalue weighted by Gasteiger charge is -2.18. The zero-order valence-electron chi connectivity index (χ0n) is 48.9. The van der Waals surface area contributed by atoms with Gasteiger partial charge in [-0.15, -0.1) is 0 Å². The lowest BCUT2D eigenvalue weighted by molar-refractivity contribution is -0.167. The first-order valence-corrected chi connectivity index (χ1v) is 30.3. The van der Waals surface area contributed by atoms with Gasteiger partial charge in [0.1, 0.15) is 13.2 Å². The molecule has 0 aliphatic carbocycles. The van der Waals surface area contributed by atoms with Crippen molar-refractivity contribution in [2.45, 2.75) is 232 Å². The summed E-state index contributed by atoms with van der Waals surface area (Å²) in [5.74, 6) is -1.02.